The molecule has 0 aromatic carbocycles. The summed E-state index contributed by atoms with van der Waals surface area (Å²) in [5.74, 6) is -1.32. The minimum atomic E-state index is -4.95. The van der Waals surface area contributed by atoms with Crippen LogP contribution < -0.4 is 0 Å². The summed E-state index contributed by atoms with van der Waals surface area (Å²) < 4.78 is 67.8. The molecule has 0 amide bonds. The minimum Gasteiger partial charge on any atom is -0.462 e. The first kappa shape index (κ1) is 89.1. The highest BCUT2D eigenvalue weighted by molar-refractivity contribution is 7.47. The Morgan fingerprint density at radius 2 is 0.505 bits per heavy atom. The maximum absolute atomic E-state index is 13.1. The van der Waals surface area contributed by atoms with Crippen molar-refractivity contribution in [3.8, 4) is 0 Å². The van der Waals surface area contributed by atoms with Crippen molar-refractivity contribution in [2.45, 2.75) is 393 Å². The fourth-order valence-corrected chi connectivity index (χ4v) is 12.6. The molecule has 0 aliphatic rings. The topological polar surface area (TPSA) is 237 Å². The lowest BCUT2D eigenvalue weighted by Gasteiger charge is -2.21. The summed E-state index contributed by atoms with van der Waals surface area (Å²) in [5.41, 5.74) is 0. The Kier molecular flexibility index (Phi) is 64.0. The summed E-state index contributed by atoms with van der Waals surface area (Å²) in [7, 11) is -9.88. The highest BCUT2D eigenvalue weighted by atomic mass is 31.2. The van der Waals surface area contributed by atoms with Crippen LogP contribution in [-0.2, 0) is 65.4 Å². The molecule has 0 aromatic heterocycles. The average molecular weight is 1340 g/mol. The molecule has 0 fully saturated rings. The molecule has 5 atom stereocenters. The number of rotatable bonds is 72. The maximum Gasteiger partial charge on any atom is 0.472 e. The molecule has 0 aliphatic carbocycles. The molecule has 540 valence electrons. The number of carbonyl (C=O) groups excluding carboxylic acids is 4. The molecule has 0 saturated carbocycles. The molecule has 0 aliphatic heterocycles. The molecule has 0 saturated heterocycles. The van der Waals surface area contributed by atoms with Gasteiger partial charge in [0, 0.05) is 25.7 Å². The number of hydrogen-bond acceptors (Lipinski definition) is 15. The Labute approximate surface area is 556 Å². The molecule has 19 heteroatoms. The second kappa shape index (κ2) is 65.4. The molecule has 0 bridgehead atoms. The smallest absolute Gasteiger partial charge is 0.462 e. The Hall–Kier alpha value is -1.94. The summed E-state index contributed by atoms with van der Waals surface area (Å²) in [5, 5.41) is 10.5. The quantitative estimate of drug-likeness (QED) is 0.0222. The first-order valence-electron chi connectivity index (χ1n) is 37.6. The fourth-order valence-electron chi connectivity index (χ4n) is 11.0. The van der Waals surface area contributed by atoms with E-state index in [4.69, 9.17) is 37.0 Å². The summed E-state index contributed by atoms with van der Waals surface area (Å²) >= 11 is 0. The largest absolute Gasteiger partial charge is 0.472 e. The second-order valence-electron chi connectivity index (χ2n) is 26.5. The number of esters is 4. The summed E-state index contributed by atoms with van der Waals surface area (Å²) in [6.45, 7) is 7.10. The Bertz CT molecular complexity index is 1750. The maximum atomic E-state index is 13.1. The lowest BCUT2D eigenvalue weighted by Crippen LogP contribution is -2.30. The molecular formula is C72H140O17P2. The van der Waals surface area contributed by atoms with Crippen molar-refractivity contribution < 1.29 is 80.2 Å². The van der Waals surface area contributed by atoms with Gasteiger partial charge >= 0.3 is 39.5 Å². The van der Waals surface area contributed by atoms with Crippen LogP contribution in [0.3, 0.4) is 0 Å². The Balaban J connectivity index is 5.02. The third kappa shape index (κ3) is 66.5. The van der Waals surface area contributed by atoms with E-state index in [2.05, 4.69) is 34.6 Å². The van der Waals surface area contributed by atoms with Crippen LogP contribution in [0.1, 0.15) is 375 Å². The molecule has 0 spiro atoms. The second-order valence-corrected chi connectivity index (χ2v) is 29.4. The van der Waals surface area contributed by atoms with Gasteiger partial charge in [-0.05, 0) is 31.6 Å². The Morgan fingerprint density at radius 3 is 0.747 bits per heavy atom. The molecule has 3 N–H and O–H groups in total. The van der Waals surface area contributed by atoms with E-state index in [9.17, 15) is 43.2 Å². The van der Waals surface area contributed by atoms with E-state index >= 15 is 0 Å². The first-order valence-corrected chi connectivity index (χ1v) is 40.6. The molecule has 0 heterocycles. The zero-order valence-corrected chi connectivity index (χ0v) is 60.8. The van der Waals surface area contributed by atoms with Crippen LogP contribution in [0, 0.1) is 5.92 Å². The molecule has 0 aromatic rings. The summed E-state index contributed by atoms with van der Waals surface area (Å²) in [6.07, 6.45) is 53.9. The van der Waals surface area contributed by atoms with Crippen molar-refractivity contribution in [1.82, 2.24) is 0 Å². The van der Waals surface area contributed by atoms with Gasteiger partial charge in [0.1, 0.15) is 19.3 Å². The van der Waals surface area contributed by atoms with Crippen molar-refractivity contribution in [1.29, 1.82) is 0 Å². The predicted molar refractivity (Wildman–Crippen MR) is 368 cm³/mol. The molecule has 91 heavy (non-hydrogen) atoms. The van der Waals surface area contributed by atoms with Gasteiger partial charge in [0.05, 0.1) is 26.4 Å². The zero-order valence-electron chi connectivity index (χ0n) is 59.0. The van der Waals surface area contributed by atoms with Crippen LogP contribution >= 0.6 is 15.6 Å². The van der Waals surface area contributed by atoms with Gasteiger partial charge in [0.25, 0.3) is 0 Å². The van der Waals surface area contributed by atoms with E-state index in [1.807, 2.05) is 0 Å². The van der Waals surface area contributed by atoms with Crippen LogP contribution in [0.5, 0.6) is 0 Å². The molecule has 0 rings (SSSR count). The normalized spacial score (nSPS) is 14.0. The highest BCUT2D eigenvalue weighted by Gasteiger charge is 2.30. The fraction of sp³-hybridized carbons (Fsp3) is 0.944. The average Bonchev–Trinajstić information content (AvgIpc) is 3.17. The standard InChI is InChI=1S/C72H140O17P2/c1-6-9-12-15-16-17-18-19-20-21-22-23-27-30-33-36-39-42-47-51-56-70(75)83-62-68(89-72(77)58-53-48-43-40-37-34-31-28-25-24-26-29-32-35-38-41-46-49-54-65(4)5)64-87-91(80,81)85-60-66(73)59-84-90(78,79)86-63-67(88-71(76)57-52-45-14-11-8-3)61-82-69(74)55-50-44-13-10-7-2/h65-68,73H,6-64H2,1-5H3,(H,78,79)(H,80,81)/t66-,67+,68+/m0/s1. The number of carbonyl (C=O) groups is 4. The number of aliphatic hydroxyl groups is 1. The SMILES string of the molecule is CCCCCCCCCCCCCCCCCCCCCCC(=O)OC[C@H](COP(=O)(O)OC[C@@H](O)COP(=O)(O)OC[C@@H](COC(=O)CCCCCCC)OC(=O)CCCCCCC)OC(=O)CCCCCCCCCCCCCCCCCCCCC(C)C. The third-order valence-electron chi connectivity index (χ3n) is 16.8. The summed E-state index contributed by atoms with van der Waals surface area (Å²) in [4.78, 5) is 72.0. The van der Waals surface area contributed by atoms with Gasteiger partial charge in [0.15, 0.2) is 12.2 Å². The zero-order chi connectivity index (χ0) is 67.0. The van der Waals surface area contributed by atoms with E-state index < -0.39 is 97.5 Å². The third-order valence-corrected chi connectivity index (χ3v) is 18.7. The van der Waals surface area contributed by atoms with Crippen molar-refractivity contribution >= 4 is 39.5 Å². The van der Waals surface area contributed by atoms with Gasteiger partial charge in [-0.2, -0.15) is 0 Å². The monoisotopic (exact) mass is 1340 g/mol. The minimum absolute atomic E-state index is 0.0991. The van der Waals surface area contributed by atoms with Gasteiger partial charge in [-0.25, -0.2) is 9.13 Å². The van der Waals surface area contributed by atoms with Crippen molar-refractivity contribution in [3.63, 3.8) is 0 Å². The number of unbranched alkanes of at least 4 members (excludes halogenated alkanes) is 44. The molecular weight excluding hydrogens is 1200 g/mol. The van der Waals surface area contributed by atoms with Crippen LogP contribution in [0.2, 0.25) is 0 Å². The molecule has 2 unspecified atom stereocenters. The van der Waals surface area contributed by atoms with Gasteiger partial charge in [-0.1, -0.05) is 324 Å². The van der Waals surface area contributed by atoms with Crippen molar-refractivity contribution in [3.05, 3.63) is 0 Å². The number of phosphoric acid groups is 2. The lowest BCUT2D eigenvalue weighted by atomic mass is 10.0. The van der Waals surface area contributed by atoms with E-state index in [1.54, 1.807) is 0 Å². The van der Waals surface area contributed by atoms with Crippen molar-refractivity contribution in [2.24, 2.45) is 5.92 Å². The predicted octanol–water partition coefficient (Wildman–Crippen LogP) is 20.9. The van der Waals surface area contributed by atoms with Gasteiger partial charge in [0.2, 0.25) is 0 Å². The molecule has 0 radical (unpaired) electrons. The van der Waals surface area contributed by atoms with E-state index in [0.717, 1.165) is 102 Å². The van der Waals surface area contributed by atoms with E-state index in [0.29, 0.717) is 25.7 Å². The number of ether oxygens (including phenoxy) is 4. The van der Waals surface area contributed by atoms with Gasteiger partial charge in [-0.3, -0.25) is 37.3 Å². The van der Waals surface area contributed by atoms with Gasteiger partial charge in [-0.15, -0.1) is 0 Å². The number of aliphatic hydroxyl groups excluding tert-OH is 1. The number of phosphoric ester groups is 2. The van der Waals surface area contributed by atoms with Crippen LogP contribution in [0.4, 0.5) is 0 Å². The summed E-state index contributed by atoms with van der Waals surface area (Å²) in [6, 6.07) is 0. The van der Waals surface area contributed by atoms with Gasteiger partial charge < -0.3 is 33.8 Å². The lowest BCUT2D eigenvalue weighted by molar-refractivity contribution is -0.161. The highest BCUT2D eigenvalue weighted by Crippen LogP contribution is 2.45. The van der Waals surface area contributed by atoms with Crippen LogP contribution in [0.25, 0.3) is 0 Å². The molecule has 17 nitrogen and oxygen atoms in total. The van der Waals surface area contributed by atoms with Crippen molar-refractivity contribution in [2.75, 3.05) is 39.6 Å². The van der Waals surface area contributed by atoms with Crippen LogP contribution in [0.15, 0.2) is 0 Å². The van der Waals surface area contributed by atoms with E-state index in [1.165, 1.54) is 193 Å². The van der Waals surface area contributed by atoms with Crippen LogP contribution in [-0.4, -0.2) is 96.7 Å². The first-order chi connectivity index (χ1) is 44.0. The van der Waals surface area contributed by atoms with E-state index in [-0.39, 0.29) is 25.7 Å². The Morgan fingerprint density at radius 1 is 0.297 bits per heavy atom. The number of hydrogen-bond donors (Lipinski definition) is 3.